The first-order valence-electron chi connectivity index (χ1n) is 6.13. The number of ether oxygens (including phenoxy) is 2. The predicted octanol–water partition coefficient (Wildman–Crippen LogP) is 3.09. The molecule has 3 heteroatoms. The molecule has 0 radical (unpaired) electrons. The summed E-state index contributed by atoms with van der Waals surface area (Å²) in [6.07, 6.45) is -0.706. The van der Waals surface area contributed by atoms with Crippen LogP contribution in [0.1, 0.15) is 22.8 Å². The summed E-state index contributed by atoms with van der Waals surface area (Å²) < 4.78 is 10.5. The molecule has 0 heterocycles. The summed E-state index contributed by atoms with van der Waals surface area (Å²) in [6.45, 7) is 1.95. The Morgan fingerprint density at radius 1 is 0.947 bits per heavy atom. The Balaban J connectivity index is 2.41. The highest BCUT2D eigenvalue weighted by molar-refractivity contribution is 5.44. The number of hydrogen-bond acceptors (Lipinski definition) is 3. The van der Waals surface area contributed by atoms with Crippen molar-refractivity contribution in [3.8, 4) is 11.5 Å². The molecule has 19 heavy (non-hydrogen) atoms. The average Bonchev–Trinajstić information content (AvgIpc) is 2.46. The van der Waals surface area contributed by atoms with Crippen LogP contribution in [0.2, 0.25) is 0 Å². The molecule has 1 unspecified atom stereocenters. The average molecular weight is 258 g/mol. The zero-order valence-corrected chi connectivity index (χ0v) is 11.4. The van der Waals surface area contributed by atoms with Crippen molar-refractivity contribution in [2.45, 2.75) is 13.0 Å². The van der Waals surface area contributed by atoms with Crippen LogP contribution in [-0.2, 0) is 0 Å². The lowest BCUT2D eigenvalue weighted by atomic mass is 9.96. The summed E-state index contributed by atoms with van der Waals surface area (Å²) >= 11 is 0. The van der Waals surface area contributed by atoms with Crippen molar-refractivity contribution in [2.24, 2.45) is 0 Å². The molecule has 100 valence electrons. The summed E-state index contributed by atoms with van der Waals surface area (Å²) in [4.78, 5) is 0. The molecule has 3 nitrogen and oxygen atoms in total. The highest BCUT2D eigenvalue weighted by Gasteiger charge is 2.17. The van der Waals surface area contributed by atoms with Crippen molar-refractivity contribution in [3.05, 3.63) is 59.2 Å². The molecule has 0 amide bonds. The smallest absolute Gasteiger partial charge is 0.125 e. The predicted molar refractivity (Wildman–Crippen MR) is 74.8 cm³/mol. The van der Waals surface area contributed by atoms with Gasteiger partial charge in [0.1, 0.15) is 17.6 Å². The number of aliphatic hydroxyl groups excluding tert-OH is 1. The van der Waals surface area contributed by atoms with Gasteiger partial charge in [-0.15, -0.1) is 0 Å². The Kier molecular flexibility index (Phi) is 4.07. The maximum Gasteiger partial charge on any atom is 0.125 e. The van der Waals surface area contributed by atoms with Gasteiger partial charge in [0, 0.05) is 5.56 Å². The van der Waals surface area contributed by atoms with E-state index in [0.29, 0.717) is 5.75 Å². The quantitative estimate of drug-likeness (QED) is 0.915. The van der Waals surface area contributed by atoms with Gasteiger partial charge >= 0.3 is 0 Å². The zero-order chi connectivity index (χ0) is 13.8. The van der Waals surface area contributed by atoms with E-state index in [1.807, 2.05) is 49.4 Å². The van der Waals surface area contributed by atoms with Gasteiger partial charge in [-0.25, -0.2) is 0 Å². The molecule has 0 fully saturated rings. The molecule has 0 aromatic heterocycles. The standard InChI is InChI=1S/C16H18O3/c1-11-10-12(18-2)8-9-13(11)16(17)14-6-4-5-7-15(14)19-3/h4-10,16-17H,1-3H3. The molecule has 0 aliphatic heterocycles. The van der Waals surface area contributed by atoms with Crippen molar-refractivity contribution in [1.82, 2.24) is 0 Å². The van der Waals surface area contributed by atoms with E-state index in [2.05, 4.69) is 0 Å². The Bertz CT molecular complexity index is 564. The van der Waals surface area contributed by atoms with Gasteiger partial charge in [0.25, 0.3) is 0 Å². The van der Waals surface area contributed by atoms with Gasteiger partial charge in [-0.3, -0.25) is 0 Å². The Morgan fingerprint density at radius 3 is 2.32 bits per heavy atom. The van der Waals surface area contributed by atoms with Crippen molar-refractivity contribution in [3.63, 3.8) is 0 Å². The van der Waals surface area contributed by atoms with Crippen LogP contribution in [0, 0.1) is 6.92 Å². The SMILES string of the molecule is COc1ccc(C(O)c2ccccc2OC)c(C)c1. The van der Waals surface area contributed by atoms with Crippen molar-refractivity contribution in [2.75, 3.05) is 14.2 Å². The molecule has 0 saturated heterocycles. The fourth-order valence-corrected chi connectivity index (χ4v) is 2.14. The molecule has 2 aromatic carbocycles. The molecule has 2 rings (SSSR count). The number of benzene rings is 2. The van der Waals surface area contributed by atoms with Gasteiger partial charge in [-0.2, -0.15) is 0 Å². The van der Waals surface area contributed by atoms with Crippen LogP contribution >= 0.6 is 0 Å². The van der Waals surface area contributed by atoms with Crippen LogP contribution in [0.3, 0.4) is 0 Å². The highest BCUT2D eigenvalue weighted by atomic mass is 16.5. The van der Waals surface area contributed by atoms with E-state index in [1.54, 1.807) is 14.2 Å². The maximum atomic E-state index is 10.5. The fourth-order valence-electron chi connectivity index (χ4n) is 2.14. The van der Waals surface area contributed by atoms with Crippen molar-refractivity contribution < 1.29 is 14.6 Å². The third kappa shape index (κ3) is 2.71. The summed E-state index contributed by atoms with van der Waals surface area (Å²) in [5.74, 6) is 1.47. The first kappa shape index (κ1) is 13.4. The minimum Gasteiger partial charge on any atom is -0.497 e. The van der Waals surface area contributed by atoms with Gasteiger partial charge in [-0.05, 0) is 36.2 Å². The number of hydrogen-bond donors (Lipinski definition) is 1. The minimum absolute atomic E-state index is 0.685. The second-order valence-corrected chi connectivity index (χ2v) is 4.37. The van der Waals surface area contributed by atoms with E-state index in [9.17, 15) is 5.11 Å². The molecule has 0 aliphatic rings. The van der Waals surface area contributed by atoms with Crippen molar-refractivity contribution >= 4 is 0 Å². The summed E-state index contributed by atoms with van der Waals surface area (Å²) in [5, 5.41) is 10.5. The lowest BCUT2D eigenvalue weighted by molar-refractivity contribution is 0.214. The van der Waals surface area contributed by atoms with E-state index in [0.717, 1.165) is 22.4 Å². The number of aliphatic hydroxyl groups is 1. The van der Waals surface area contributed by atoms with Crippen LogP contribution in [0.15, 0.2) is 42.5 Å². The zero-order valence-electron chi connectivity index (χ0n) is 11.4. The highest BCUT2D eigenvalue weighted by Crippen LogP contribution is 2.32. The fraction of sp³-hybridized carbons (Fsp3) is 0.250. The molecular formula is C16H18O3. The van der Waals surface area contributed by atoms with Crippen LogP contribution in [-0.4, -0.2) is 19.3 Å². The Hall–Kier alpha value is -2.00. The van der Waals surface area contributed by atoms with Crippen molar-refractivity contribution in [1.29, 1.82) is 0 Å². The topological polar surface area (TPSA) is 38.7 Å². The van der Waals surface area contributed by atoms with Crippen LogP contribution in [0.4, 0.5) is 0 Å². The van der Waals surface area contributed by atoms with Gasteiger partial charge in [-0.1, -0.05) is 24.3 Å². The van der Waals surface area contributed by atoms with Gasteiger partial charge < -0.3 is 14.6 Å². The summed E-state index contributed by atoms with van der Waals surface area (Å²) in [5.41, 5.74) is 2.60. The molecule has 2 aromatic rings. The molecular weight excluding hydrogens is 240 g/mol. The second-order valence-electron chi connectivity index (χ2n) is 4.37. The molecule has 0 saturated carbocycles. The third-order valence-electron chi connectivity index (χ3n) is 3.21. The van der Waals surface area contributed by atoms with E-state index in [-0.39, 0.29) is 0 Å². The normalized spacial score (nSPS) is 12.0. The molecule has 1 N–H and O–H groups in total. The number of aryl methyl sites for hydroxylation is 1. The molecule has 1 atom stereocenters. The largest absolute Gasteiger partial charge is 0.497 e. The van der Waals surface area contributed by atoms with Gasteiger partial charge in [0.2, 0.25) is 0 Å². The maximum absolute atomic E-state index is 10.5. The first-order valence-corrected chi connectivity index (χ1v) is 6.13. The second kappa shape index (κ2) is 5.76. The first-order chi connectivity index (χ1) is 9.17. The minimum atomic E-state index is -0.706. The van der Waals surface area contributed by atoms with Gasteiger partial charge in [0.05, 0.1) is 14.2 Å². The Labute approximate surface area is 113 Å². The molecule has 0 spiro atoms. The summed E-state index contributed by atoms with van der Waals surface area (Å²) in [7, 11) is 3.23. The monoisotopic (exact) mass is 258 g/mol. The van der Waals surface area contributed by atoms with Crippen LogP contribution in [0.25, 0.3) is 0 Å². The molecule has 0 aliphatic carbocycles. The Morgan fingerprint density at radius 2 is 1.68 bits per heavy atom. The lowest BCUT2D eigenvalue weighted by Crippen LogP contribution is -2.04. The summed E-state index contributed by atoms with van der Waals surface area (Å²) in [6, 6.07) is 13.1. The number of rotatable bonds is 4. The van der Waals surface area contributed by atoms with E-state index >= 15 is 0 Å². The van der Waals surface area contributed by atoms with Crippen LogP contribution in [0.5, 0.6) is 11.5 Å². The van der Waals surface area contributed by atoms with E-state index in [1.165, 1.54) is 0 Å². The third-order valence-corrected chi connectivity index (χ3v) is 3.21. The number of methoxy groups -OCH3 is 2. The van der Waals surface area contributed by atoms with Gasteiger partial charge in [0.15, 0.2) is 0 Å². The van der Waals surface area contributed by atoms with Crippen LogP contribution < -0.4 is 9.47 Å². The van der Waals surface area contributed by atoms with E-state index < -0.39 is 6.10 Å². The van der Waals surface area contributed by atoms with E-state index in [4.69, 9.17) is 9.47 Å². The lowest BCUT2D eigenvalue weighted by Gasteiger charge is -2.17. The number of para-hydroxylation sites is 1. The molecule has 0 bridgehead atoms.